The van der Waals surface area contributed by atoms with Crippen LogP contribution in [0.2, 0.25) is 0 Å². The summed E-state index contributed by atoms with van der Waals surface area (Å²) < 4.78 is 11.9. The Hall–Kier alpha value is -1.28. The van der Waals surface area contributed by atoms with E-state index in [1.165, 1.54) is 0 Å². The first kappa shape index (κ1) is 24.1. The maximum absolute atomic E-state index is 13.3. The van der Waals surface area contributed by atoms with Crippen molar-refractivity contribution in [1.29, 1.82) is 0 Å². The van der Waals surface area contributed by atoms with Crippen molar-refractivity contribution in [3.8, 4) is 0 Å². The molecule has 3 saturated carbocycles. The number of esters is 1. The highest BCUT2D eigenvalue weighted by Gasteiger charge is 2.81. The molecule has 1 unspecified atom stereocenters. The van der Waals surface area contributed by atoms with Crippen molar-refractivity contribution >= 4 is 11.8 Å². The van der Waals surface area contributed by atoms with Crippen molar-refractivity contribution in [1.82, 2.24) is 0 Å². The number of carbonyl (C=O) groups is 2. The van der Waals surface area contributed by atoms with Crippen molar-refractivity contribution in [3.63, 3.8) is 0 Å². The standard InChI is InChI=1S/C28H40O7/c1-14-13-19(34-23(30)15(14)2)26(5,31)17-9-12-27(32)20-16(8-11-24(17,27)3)25(4)18(29)7-6-10-28(25,33)22-21(20)35-22/h6-7,14-17,19-22,31-33H,8-13H2,1-5H3/t14-,15?,16-,17-,19+,20-,21-,22-,24+,25-,26+,27+,28-/m0/s1. The molecule has 7 heteroatoms. The Labute approximate surface area is 207 Å². The monoisotopic (exact) mass is 488 g/mol. The lowest BCUT2D eigenvalue weighted by Crippen LogP contribution is -2.72. The molecule has 0 spiro atoms. The first-order chi connectivity index (χ1) is 16.2. The van der Waals surface area contributed by atoms with Gasteiger partial charge in [-0.2, -0.15) is 0 Å². The van der Waals surface area contributed by atoms with Gasteiger partial charge in [0.05, 0.1) is 23.0 Å². The van der Waals surface area contributed by atoms with Gasteiger partial charge >= 0.3 is 5.97 Å². The lowest BCUT2D eigenvalue weighted by atomic mass is 9.42. The number of aliphatic hydroxyl groups is 3. The highest BCUT2D eigenvalue weighted by Crippen LogP contribution is 2.73. The van der Waals surface area contributed by atoms with Gasteiger partial charge in [0.25, 0.3) is 0 Å². The van der Waals surface area contributed by atoms with Crippen LogP contribution in [0.15, 0.2) is 12.2 Å². The van der Waals surface area contributed by atoms with Gasteiger partial charge in [-0.15, -0.1) is 0 Å². The van der Waals surface area contributed by atoms with Crippen LogP contribution in [0.1, 0.15) is 73.1 Å². The summed E-state index contributed by atoms with van der Waals surface area (Å²) in [6.45, 7) is 9.60. The van der Waals surface area contributed by atoms with E-state index in [9.17, 15) is 24.9 Å². The number of fused-ring (bicyclic) bond motifs is 8. The molecule has 0 aromatic carbocycles. The molecule has 0 aromatic heterocycles. The van der Waals surface area contributed by atoms with Crippen LogP contribution in [-0.4, -0.2) is 62.2 Å². The van der Waals surface area contributed by atoms with Gasteiger partial charge in [0.1, 0.15) is 23.4 Å². The Morgan fingerprint density at radius 1 is 1.09 bits per heavy atom. The minimum absolute atomic E-state index is 0.0822. The van der Waals surface area contributed by atoms with E-state index in [1.807, 2.05) is 20.8 Å². The van der Waals surface area contributed by atoms with E-state index in [2.05, 4.69) is 6.92 Å². The average molecular weight is 489 g/mol. The Balaban J connectivity index is 1.36. The predicted molar refractivity (Wildman–Crippen MR) is 126 cm³/mol. The zero-order valence-corrected chi connectivity index (χ0v) is 21.5. The maximum Gasteiger partial charge on any atom is 0.309 e. The molecule has 7 nitrogen and oxygen atoms in total. The molecular formula is C28H40O7. The summed E-state index contributed by atoms with van der Waals surface area (Å²) in [7, 11) is 0. The zero-order valence-electron chi connectivity index (χ0n) is 21.5. The van der Waals surface area contributed by atoms with Crippen molar-refractivity contribution in [2.75, 3.05) is 0 Å². The fourth-order valence-corrected chi connectivity index (χ4v) is 9.55. The Morgan fingerprint density at radius 2 is 1.80 bits per heavy atom. The Morgan fingerprint density at radius 3 is 2.49 bits per heavy atom. The van der Waals surface area contributed by atoms with Gasteiger partial charge < -0.3 is 24.8 Å². The Kier molecular flexibility index (Phi) is 4.80. The number of allylic oxidation sites excluding steroid dienone is 1. The Bertz CT molecular complexity index is 1010. The predicted octanol–water partition coefficient (Wildman–Crippen LogP) is 2.55. The quantitative estimate of drug-likeness (QED) is 0.404. The molecule has 6 rings (SSSR count). The minimum Gasteiger partial charge on any atom is -0.459 e. The van der Waals surface area contributed by atoms with Crippen LogP contribution in [0, 0.1) is 40.4 Å². The summed E-state index contributed by atoms with van der Waals surface area (Å²) in [6, 6.07) is 0. The molecule has 0 amide bonds. The number of rotatable bonds is 2. The van der Waals surface area contributed by atoms with Gasteiger partial charge in [0.2, 0.25) is 0 Å². The van der Waals surface area contributed by atoms with E-state index in [-0.39, 0.29) is 47.4 Å². The van der Waals surface area contributed by atoms with Crippen molar-refractivity contribution < 1.29 is 34.4 Å². The van der Waals surface area contributed by atoms with Crippen LogP contribution in [0.25, 0.3) is 0 Å². The van der Waals surface area contributed by atoms with Crippen LogP contribution < -0.4 is 0 Å². The third-order valence-corrected chi connectivity index (χ3v) is 12.2. The SMILES string of the molecule is CC1C(=O)O[C@@H]([C@](C)(O)[C@H]2CC[C@@]3(O)[C@@H]4[C@@H]5O[C@@H]5[C@@]5(O)CC=CC(=O)[C@]5(C)[C@H]4CC[C@]23C)C[C@@H]1C. The third-order valence-electron chi connectivity index (χ3n) is 12.2. The second kappa shape index (κ2) is 6.97. The molecule has 194 valence electrons. The largest absolute Gasteiger partial charge is 0.459 e. The van der Waals surface area contributed by atoms with Crippen molar-refractivity contribution in [3.05, 3.63) is 12.2 Å². The summed E-state index contributed by atoms with van der Waals surface area (Å²) >= 11 is 0. The summed E-state index contributed by atoms with van der Waals surface area (Å²) in [6.07, 6.45) is 5.33. The molecule has 0 aromatic rings. The van der Waals surface area contributed by atoms with Crippen LogP contribution in [0.5, 0.6) is 0 Å². The topological polar surface area (TPSA) is 117 Å². The number of ketones is 1. The van der Waals surface area contributed by atoms with Gasteiger partial charge in [0.15, 0.2) is 5.78 Å². The summed E-state index contributed by atoms with van der Waals surface area (Å²) in [5.74, 6) is -1.20. The lowest BCUT2D eigenvalue weighted by molar-refractivity contribution is -0.241. The average Bonchev–Trinajstić information content (AvgIpc) is 3.52. The zero-order chi connectivity index (χ0) is 25.3. The number of hydrogen-bond acceptors (Lipinski definition) is 7. The first-order valence-electron chi connectivity index (χ1n) is 13.5. The van der Waals surface area contributed by atoms with Gasteiger partial charge in [-0.3, -0.25) is 9.59 Å². The van der Waals surface area contributed by atoms with E-state index in [0.717, 1.165) is 0 Å². The number of carbonyl (C=O) groups excluding carboxylic acids is 2. The molecule has 4 aliphatic carbocycles. The fourth-order valence-electron chi connectivity index (χ4n) is 9.55. The van der Waals surface area contributed by atoms with Crippen molar-refractivity contribution in [2.45, 2.75) is 108 Å². The van der Waals surface area contributed by atoms with Crippen LogP contribution in [0.3, 0.4) is 0 Å². The molecular weight excluding hydrogens is 448 g/mol. The summed E-state index contributed by atoms with van der Waals surface area (Å²) in [5, 5.41) is 36.2. The van der Waals surface area contributed by atoms with Crippen molar-refractivity contribution in [2.24, 2.45) is 40.4 Å². The second-order valence-electron chi connectivity index (χ2n) is 13.4. The number of hydrogen-bond donors (Lipinski definition) is 3. The maximum atomic E-state index is 13.3. The first-order valence-corrected chi connectivity index (χ1v) is 13.5. The minimum atomic E-state index is -1.29. The number of cyclic esters (lactones) is 1. The molecule has 6 aliphatic rings. The highest BCUT2D eigenvalue weighted by atomic mass is 16.6. The third kappa shape index (κ3) is 2.66. The molecule has 2 aliphatic heterocycles. The van der Waals surface area contributed by atoms with Crippen LogP contribution >= 0.6 is 0 Å². The number of epoxide rings is 1. The molecule has 5 fully saturated rings. The molecule has 2 heterocycles. The van der Waals surface area contributed by atoms with Gasteiger partial charge in [-0.25, -0.2) is 0 Å². The van der Waals surface area contributed by atoms with Crippen LogP contribution in [-0.2, 0) is 19.1 Å². The molecule has 0 bridgehead atoms. The fraction of sp³-hybridized carbons (Fsp3) is 0.857. The van der Waals surface area contributed by atoms with Gasteiger partial charge in [-0.05, 0) is 76.2 Å². The van der Waals surface area contributed by atoms with Crippen LogP contribution in [0.4, 0.5) is 0 Å². The van der Waals surface area contributed by atoms with E-state index >= 15 is 0 Å². The van der Waals surface area contributed by atoms with E-state index in [1.54, 1.807) is 19.1 Å². The molecule has 0 radical (unpaired) electrons. The van der Waals surface area contributed by atoms with E-state index in [0.29, 0.717) is 38.5 Å². The smallest absolute Gasteiger partial charge is 0.309 e. The lowest BCUT2D eigenvalue weighted by Gasteiger charge is -2.63. The summed E-state index contributed by atoms with van der Waals surface area (Å²) in [5.41, 5.74) is -5.32. The van der Waals surface area contributed by atoms with E-state index in [4.69, 9.17) is 9.47 Å². The highest BCUT2D eigenvalue weighted by molar-refractivity contribution is 5.97. The molecule has 35 heavy (non-hydrogen) atoms. The molecule has 3 N–H and O–H groups in total. The second-order valence-corrected chi connectivity index (χ2v) is 13.4. The van der Waals surface area contributed by atoms with Gasteiger partial charge in [-0.1, -0.05) is 26.8 Å². The number of ether oxygens (including phenoxy) is 2. The normalized spacial score (nSPS) is 58.4. The summed E-state index contributed by atoms with van der Waals surface area (Å²) in [4.78, 5) is 25.8. The van der Waals surface area contributed by atoms with Gasteiger partial charge in [0, 0.05) is 11.3 Å². The molecule has 2 saturated heterocycles. The van der Waals surface area contributed by atoms with E-state index < -0.39 is 39.8 Å². The molecule has 13 atom stereocenters.